The van der Waals surface area contributed by atoms with Gasteiger partial charge in [-0.25, -0.2) is 9.78 Å². The predicted molar refractivity (Wildman–Crippen MR) is 88.9 cm³/mol. The Labute approximate surface area is 141 Å². The molecule has 24 heavy (non-hydrogen) atoms. The third-order valence-corrected chi connectivity index (χ3v) is 4.29. The van der Waals surface area contributed by atoms with E-state index in [1.54, 1.807) is 35.8 Å². The fourth-order valence-electron chi connectivity index (χ4n) is 2.46. The summed E-state index contributed by atoms with van der Waals surface area (Å²) in [5.41, 5.74) is 1.94. The van der Waals surface area contributed by atoms with E-state index in [9.17, 15) is 9.90 Å². The highest BCUT2D eigenvalue weighted by atomic mass is 32.1. The third kappa shape index (κ3) is 2.52. The molecule has 0 unspecified atom stereocenters. The van der Waals surface area contributed by atoms with Crippen LogP contribution in [0.15, 0.2) is 54.6 Å². The molecule has 7 nitrogen and oxygen atoms in total. The lowest BCUT2D eigenvalue weighted by molar-refractivity contribution is -0.132. The second-order valence-corrected chi connectivity index (χ2v) is 5.86. The number of anilines is 2. The van der Waals surface area contributed by atoms with E-state index in [2.05, 4.69) is 19.3 Å². The molecule has 0 radical (unpaired) electrons. The smallest absolute Gasteiger partial charge is 0.333 e. The number of hydrogen-bond acceptors (Lipinski definition) is 7. The lowest BCUT2D eigenvalue weighted by atomic mass is 10.0. The predicted octanol–water partition coefficient (Wildman–Crippen LogP) is 2.66. The second kappa shape index (κ2) is 5.82. The van der Waals surface area contributed by atoms with Gasteiger partial charge >= 0.3 is 5.97 Å². The van der Waals surface area contributed by atoms with Crippen LogP contribution in [-0.4, -0.2) is 30.4 Å². The van der Waals surface area contributed by atoms with Crippen molar-refractivity contribution >= 4 is 28.5 Å². The van der Waals surface area contributed by atoms with Crippen molar-refractivity contribution in [3.8, 4) is 11.4 Å². The first kappa shape index (κ1) is 14.5. The lowest BCUT2D eigenvalue weighted by Crippen LogP contribution is -2.21. The fourth-order valence-corrected chi connectivity index (χ4v) is 3.12. The SMILES string of the molecule is O=C(O)C1=CN(c2nc(-c3cccnc3)ns2)c2ncccc2C1. The number of carboxylic acid groups (broad SMARTS) is 1. The Bertz CT molecular complexity index is 938. The topological polar surface area (TPSA) is 92.1 Å². The van der Waals surface area contributed by atoms with Crippen LogP contribution < -0.4 is 4.90 Å². The van der Waals surface area contributed by atoms with Gasteiger partial charge < -0.3 is 5.11 Å². The molecule has 0 amide bonds. The zero-order chi connectivity index (χ0) is 16.5. The first-order valence-electron chi connectivity index (χ1n) is 7.13. The summed E-state index contributed by atoms with van der Waals surface area (Å²) in [4.78, 5) is 26.0. The van der Waals surface area contributed by atoms with Crippen LogP contribution >= 0.6 is 11.5 Å². The molecule has 1 N–H and O–H groups in total. The molecule has 4 rings (SSSR count). The zero-order valence-corrected chi connectivity index (χ0v) is 13.1. The summed E-state index contributed by atoms with van der Waals surface area (Å²) in [6, 6.07) is 7.35. The second-order valence-electron chi connectivity index (χ2n) is 5.13. The number of nitrogens with zero attached hydrogens (tertiary/aromatic N) is 5. The molecule has 8 heteroatoms. The van der Waals surface area contributed by atoms with Crippen molar-refractivity contribution < 1.29 is 9.90 Å². The van der Waals surface area contributed by atoms with Crippen LogP contribution in [0.25, 0.3) is 11.4 Å². The Hall–Kier alpha value is -3.13. The molecule has 1 aliphatic heterocycles. The summed E-state index contributed by atoms with van der Waals surface area (Å²) in [5.74, 6) is 0.277. The average Bonchev–Trinajstić information content (AvgIpc) is 3.11. The molecule has 0 atom stereocenters. The number of pyridine rings is 2. The van der Waals surface area contributed by atoms with E-state index in [1.165, 1.54) is 11.5 Å². The van der Waals surface area contributed by atoms with Gasteiger partial charge in [0.15, 0.2) is 5.82 Å². The largest absolute Gasteiger partial charge is 0.478 e. The molecule has 3 aromatic heterocycles. The Kier molecular flexibility index (Phi) is 3.51. The minimum Gasteiger partial charge on any atom is -0.478 e. The monoisotopic (exact) mass is 337 g/mol. The van der Waals surface area contributed by atoms with Gasteiger partial charge in [0, 0.05) is 53.9 Å². The third-order valence-electron chi connectivity index (χ3n) is 3.58. The van der Waals surface area contributed by atoms with Gasteiger partial charge in [-0.1, -0.05) is 6.07 Å². The van der Waals surface area contributed by atoms with Crippen LogP contribution in [0.5, 0.6) is 0 Å². The first-order valence-corrected chi connectivity index (χ1v) is 7.91. The van der Waals surface area contributed by atoms with E-state index >= 15 is 0 Å². The van der Waals surface area contributed by atoms with E-state index < -0.39 is 5.97 Å². The van der Waals surface area contributed by atoms with Crippen LogP contribution in [0.2, 0.25) is 0 Å². The van der Waals surface area contributed by atoms with E-state index in [-0.39, 0.29) is 5.57 Å². The number of carboxylic acids is 1. The van der Waals surface area contributed by atoms with Gasteiger partial charge in [-0.3, -0.25) is 9.88 Å². The Morgan fingerprint density at radius 3 is 2.92 bits per heavy atom. The quantitative estimate of drug-likeness (QED) is 0.785. The number of aromatic nitrogens is 4. The van der Waals surface area contributed by atoms with Crippen molar-refractivity contribution in [3.63, 3.8) is 0 Å². The molecule has 0 aliphatic carbocycles. The Morgan fingerprint density at radius 2 is 2.12 bits per heavy atom. The Morgan fingerprint density at radius 1 is 1.25 bits per heavy atom. The van der Waals surface area contributed by atoms with Gasteiger partial charge in [0.05, 0.1) is 5.57 Å². The minimum atomic E-state index is -0.952. The van der Waals surface area contributed by atoms with Crippen molar-refractivity contribution in [1.29, 1.82) is 0 Å². The molecule has 4 heterocycles. The molecule has 0 spiro atoms. The molecule has 0 bridgehead atoms. The molecule has 0 aromatic carbocycles. The summed E-state index contributed by atoms with van der Waals surface area (Å²) in [7, 11) is 0. The highest BCUT2D eigenvalue weighted by molar-refractivity contribution is 7.10. The van der Waals surface area contributed by atoms with Gasteiger partial charge in [0.2, 0.25) is 5.13 Å². The number of aliphatic carboxylic acids is 1. The van der Waals surface area contributed by atoms with Gasteiger partial charge in [-0.2, -0.15) is 9.36 Å². The molecule has 118 valence electrons. The van der Waals surface area contributed by atoms with Crippen LogP contribution in [0.1, 0.15) is 5.56 Å². The van der Waals surface area contributed by atoms with Crippen molar-refractivity contribution in [2.45, 2.75) is 6.42 Å². The number of fused-ring (bicyclic) bond motifs is 1. The molecular weight excluding hydrogens is 326 g/mol. The summed E-state index contributed by atoms with van der Waals surface area (Å²) >= 11 is 1.19. The zero-order valence-electron chi connectivity index (χ0n) is 12.3. The summed E-state index contributed by atoms with van der Waals surface area (Å²) in [6.45, 7) is 0. The number of rotatable bonds is 3. The van der Waals surface area contributed by atoms with E-state index in [1.807, 2.05) is 18.2 Å². The summed E-state index contributed by atoms with van der Waals surface area (Å²) in [6.07, 6.45) is 6.94. The highest BCUT2D eigenvalue weighted by Gasteiger charge is 2.25. The van der Waals surface area contributed by atoms with E-state index in [0.29, 0.717) is 23.2 Å². The van der Waals surface area contributed by atoms with Crippen LogP contribution in [0.3, 0.4) is 0 Å². The maximum atomic E-state index is 11.4. The van der Waals surface area contributed by atoms with Gasteiger partial charge in [0.25, 0.3) is 0 Å². The summed E-state index contributed by atoms with van der Waals surface area (Å²) < 4.78 is 4.35. The van der Waals surface area contributed by atoms with Crippen LogP contribution in [0.4, 0.5) is 10.9 Å². The molecule has 0 saturated carbocycles. The van der Waals surface area contributed by atoms with Crippen LogP contribution in [-0.2, 0) is 11.2 Å². The molecule has 0 fully saturated rings. The van der Waals surface area contributed by atoms with Gasteiger partial charge in [-0.15, -0.1) is 0 Å². The average molecular weight is 337 g/mol. The van der Waals surface area contributed by atoms with Crippen molar-refractivity contribution in [2.75, 3.05) is 4.90 Å². The number of hydrogen-bond donors (Lipinski definition) is 1. The van der Waals surface area contributed by atoms with Crippen molar-refractivity contribution in [1.82, 2.24) is 19.3 Å². The van der Waals surface area contributed by atoms with E-state index in [0.717, 1.165) is 11.1 Å². The normalized spacial score (nSPS) is 13.3. The van der Waals surface area contributed by atoms with Crippen molar-refractivity contribution in [2.24, 2.45) is 0 Å². The molecule has 3 aromatic rings. The summed E-state index contributed by atoms with van der Waals surface area (Å²) in [5, 5.41) is 9.92. The lowest BCUT2D eigenvalue weighted by Gasteiger charge is -2.24. The first-order chi connectivity index (χ1) is 11.7. The highest BCUT2D eigenvalue weighted by Crippen LogP contribution is 2.35. The maximum absolute atomic E-state index is 11.4. The molecule has 1 aliphatic rings. The van der Waals surface area contributed by atoms with E-state index in [4.69, 9.17) is 0 Å². The van der Waals surface area contributed by atoms with Gasteiger partial charge in [0.1, 0.15) is 5.82 Å². The standard InChI is InChI=1S/C16H11N5O2S/c22-15(23)12-7-10-3-2-6-18-14(10)21(9-12)16-19-13(20-24-16)11-4-1-5-17-8-11/h1-6,8-9H,7H2,(H,22,23). The fraction of sp³-hybridized carbons (Fsp3) is 0.0625. The molecule has 0 saturated heterocycles. The number of carbonyl (C=O) groups is 1. The molecular formula is C16H11N5O2S. The minimum absolute atomic E-state index is 0.286. The van der Waals surface area contributed by atoms with Crippen molar-refractivity contribution in [3.05, 3.63) is 60.2 Å². The Balaban J connectivity index is 1.78. The van der Waals surface area contributed by atoms with Gasteiger partial charge in [-0.05, 0) is 18.2 Å². The maximum Gasteiger partial charge on any atom is 0.333 e. The van der Waals surface area contributed by atoms with Crippen LogP contribution in [0, 0.1) is 0 Å².